The third-order valence-corrected chi connectivity index (χ3v) is 5.08. The fraction of sp³-hybridized carbons (Fsp3) is 0.600. The van der Waals surface area contributed by atoms with Gasteiger partial charge >= 0.3 is 6.18 Å². The van der Waals surface area contributed by atoms with Crippen molar-refractivity contribution >= 4 is 15.9 Å². The topological polar surface area (TPSA) is 29.5 Å². The normalized spacial score (nSPS) is 32.6. The Morgan fingerprint density at radius 1 is 1.24 bits per heavy atom. The standard InChI is InChI=1S/C15H16BrF3O2/c16-10-1-2-11-12(20)8-14(21-13(11)7-10)5-3-9(4-6-14)15(17,18)19/h1-2,7,9,12,20H,3-6,8H2. The molecule has 1 atom stereocenters. The van der Waals surface area contributed by atoms with Gasteiger partial charge in [0.25, 0.3) is 0 Å². The number of ether oxygens (including phenoxy) is 1. The van der Waals surface area contributed by atoms with Crippen LogP contribution in [0.5, 0.6) is 5.75 Å². The van der Waals surface area contributed by atoms with E-state index in [1.807, 2.05) is 6.07 Å². The summed E-state index contributed by atoms with van der Waals surface area (Å²) < 4.78 is 45.2. The monoisotopic (exact) mass is 364 g/mol. The van der Waals surface area contributed by atoms with Crippen LogP contribution in [0, 0.1) is 5.92 Å². The van der Waals surface area contributed by atoms with Crippen LogP contribution >= 0.6 is 15.9 Å². The summed E-state index contributed by atoms with van der Waals surface area (Å²) in [7, 11) is 0. The van der Waals surface area contributed by atoms with Gasteiger partial charge in [0, 0.05) is 16.5 Å². The molecule has 0 radical (unpaired) electrons. The molecule has 1 heterocycles. The molecule has 3 rings (SSSR count). The van der Waals surface area contributed by atoms with Crippen LogP contribution in [0.1, 0.15) is 43.8 Å². The lowest BCUT2D eigenvalue weighted by Gasteiger charge is -2.45. The van der Waals surface area contributed by atoms with Gasteiger partial charge in [0.15, 0.2) is 0 Å². The van der Waals surface area contributed by atoms with Gasteiger partial charge < -0.3 is 9.84 Å². The van der Waals surface area contributed by atoms with E-state index >= 15 is 0 Å². The summed E-state index contributed by atoms with van der Waals surface area (Å²) >= 11 is 3.35. The molecular formula is C15H16BrF3O2. The molecule has 21 heavy (non-hydrogen) atoms. The minimum atomic E-state index is -4.13. The third kappa shape index (κ3) is 2.93. The van der Waals surface area contributed by atoms with Crippen molar-refractivity contribution in [2.75, 3.05) is 0 Å². The van der Waals surface area contributed by atoms with Crippen molar-refractivity contribution in [2.45, 2.75) is 50.0 Å². The summed E-state index contributed by atoms with van der Waals surface area (Å²) in [6, 6.07) is 5.39. The number of benzene rings is 1. The Labute approximate surface area is 129 Å². The number of halogens is 4. The molecule has 0 aromatic heterocycles. The van der Waals surface area contributed by atoms with E-state index in [1.54, 1.807) is 12.1 Å². The number of aliphatic hydroxyl groups excluding tert-OH is 1. The lowest BCUT2D eigenvalue weighted by Crippen LogP contribution is -2.46. The van der Waals surface area contributed by atoms with Crippen molar-refractivity contribution in [1.29, 1.82) is 0 Å². The molecule has 1 aliphatic heterocycles. The van der Waals surface area contributed by atoms with Gasteiger partial charge in [-0.25, -0.2) is 0 Å². The second-order valence-electron chi connectivity index (χ2n) is 6.00. The van der Waals surface area contributed by atoms with Gasteiger partial charge in [-0.05, 0) is 37.8 Å². The highest BCUT2D eigenvalue weighted by Crippen LogP contribution is 2.50. The van der Waals surface area contributed by atoms with Crippen LogP contribution in [0.15, 0.2) is 22.7 Å². The van der Waals surface area contributed by atoms with Gasteiger partial charge in [-0.1, -0.05) is 22.0 Å². The molecule has 2 nitrogen and oxygen atoms in total. The molecule has 1 saturated carbocycles. The minimum Gasteiger partial charge on any atom is -0.487 e. The van der Waals surface area contributed by atoms with Crippen LogP contribution in [-0.4, -0.2) is 16.9 Å². The molecule has 1 fully saturated rings. The summed E-state index contributed by atoms with van der Waals surface area (Å²) in [6.07, 6.45) is -3.63. The average molecular weight is 365 g/mol. The highest BCUT2D eigenvalue weighted by Gasteiger charge is 2.49. The van der Waals surface area contributed by atoms with E-state index in [0.29, 0.717) is 30.6 Å². The molecule has 1 aromatic rings. The minimum absolute atomic E-state index is 0.0690. The zero-order valence-electron chi connectivity index (χ0n) is 11.3. The lowest BCUT2D eigenvalue weighted by atomic mass is 9.74. The van der Waals surface area contributed by atoms with E-state index < -0.39 is 23.8 Å². The number of fused-ring (bicyclic) bond motifs is 1. The van der Waals surface area contributed by atoms with E-state index in [9.17, 15) is 18.3 Å². The lowest BCUT2D eigenvalue weighted by molar-refractivity contribution is -0.193. The summed E-state index contributed by atoms with van der Waals surface area (Å²) in [5, 5.41) is 10.3. The van der Waals surface area contributed by atoms with Crippen molar-refractivity contribution in [2.24, 2.45) is 5.92 Å². The van der Waals surface area contributed by atoms with E-state index in [-0.39, 0.29) is 12.8 Å². The van der Waals surface area contributed by atoms with Crippen molar-refractivity contribution in [3.8, 4) is 5.75 Å². The molecule has 1 N–H and O–H groups in total. The van der Waals surface area contributed by atoms with Gasteiger partial charge in [0.2, 0.25) is 0 Å². The molecule has 116 valence electrons. The number of alkyl halides is 3. The van der Waals surface area contributed by atoms with Crippen LogP contribution in [0.25, 0.3) is 0 Å². The Hall–Kier alpha value is -0.750. The maximum atomic E-state index is 12.8. The SMILES string of the molecule is OC1CC2(CCC(C(F)(F)F)CC2)Oc2cc(Br)ccc21. The summed E-state index contributed by atoms with van der Waals surface area (Å²) in [4.78, 5) is 0. The molecule has 1 aliphatic carbocycles. The van der Waals surface area contributed by atoms with Crippen LogP contribution in [0.3, 0.4) is 0 Å². The van der Waals surface area contributed by atoms with Gasteiger partial charge in [-0.15, -0.1) is 0 Å². The number of hydrogen-bond acceptors (Lipinski definition) is 2. The first-order valence-electron chi connectivity index (χ1n) is 7.02. The van der Waals surface area contributed by atoms with Gasteiger partial charge in [-0.3, -0.25) is 0 Å². The zero-order chi connectivity index (χ0) is 15.3. The first-order chi connectivity index (χ1) is 9.79. The maximum absolute atomic E-state index is 12.8. The van der Waals surface area contributed by atoms with Gasteiger partial charge in [0.05, 0.1) is 12.0 Å². The predicted molar refractivity (Wildman–Crippen MR) is 75.1 cm³/mol. The summed E-state index contributed by atoms with van der Waals surface area (Å²) in [6.45, 7) is 0. The molecular weight excluding hydrogens is 349 g/mol. The molecule has 1 spiro atoms. The average Bonchev–Trinajstić information content (AvgIpc) is 2.37. The molecule has 6 heteroatoms. The Kier molecular flexibility index (Phi) is 3.72. The molecule has 1 aromatic carbocycles. The quantitative estimate of drug-likeness (QED) is 0.719. The van der Waals surface area contributed by atoms with Gasteiger partial charge in [0.1, 0.15) is 11.4 Å². The fourth-order valence-corrected chi connectivity index (χ4v) is 3.73. The molecule has 0 saturated heterocycles. The molecule has 0 amide bonds. The zero-order valence-corrected chi connectivity index (χ0v) is 12.9. The fourth-order valence-electron chi connectivity index (χ4n) is 3.39. The third-order valence-electron chi connectivity index (χ3n) is 4.59. The highest BCUT2D eigenvalue weighted by atomic mass is 79.9. The van der Waals surface area contributed by atoms with Crippen molar-refractivity contribution in [3.63, 3.8) is 0 Å². The second kappa shape index (κ2) is 5.16. The van der Waals surface area contributed by atoms with Crippen molar-refractivity contribution < 1.29 is 23.0 Å². The van der Waals surface area contributed by atoms with E-state index in [2.05, 4.69) is 15.9 Å². The Morgan fingerprint density at radius 3 is 2.52 bits per heavy atom. The Morgan fingerprint density at radius 2 is 1.90 bits per heavy atom. The second-order valence-corrected chi connectivity index (χ2v) is 6.92. The van der Waals surface area contributed by atoms with Crippen LogP contribution in [0.2, 0.25) is 0 Å². The number of rotatable bonds is 0. The van der Waals surface area contributed by atoms with Crippen molar-refractivity contribution in [1.82, 2.24) is 0 Å². The van der Waals surface area contributed by atoms with Crippen LogP contribution < -0.4 is 4.74 Å². The van der Waals surface area contributed by atoms with Gasteiger partial charge in [-0.2, -0.15) is 13.2 Å². The molecule has 2 aliphatic rings. The molecule has 1 unspecified atom stereocenters. The first kappa shape index (κ1) is 15.2. The summed E-state index contributed by atoms with van der Waals surface area (Å²) in [5.74, 6) is -0.665. The summed E-state index contributed by atoms with van der Waals surface area (Å²) in [5.41, 5.74) is 0.0522. The predicted octanol–water partition coefficient (Wildman–Crippen LogP) is 4.76. The van der Waals surface area contributed by atoms with Crippen LogP contribution in [-0.2, 0) is 0 Å². The molecule has 0 bridgehead atoms. The first-order valence-corrected chi connectivity index (χ1v) is 7.82. The number of aliphatic hydroxyl groups is 1. The smallest absolute Gasteiger partial charge is 0.391 e. The highest BCUT2D eigenvalue weighted by molar-refractivity contribution is 9.10. The Bertz CT molecular complexity index is 536. The largest absolute Gasteiger partial charge is 0.487 e. The van der Waals surface area contributed by atoms with Crippen LogP contribution in [0.4, 0.5) is 13.2 Å². The van der Waals surface area contributed by atoms with E-state index in [1.165, 1.54) is 0 Å². The van der Waals surface area contributed by atoms with E-state index in [0.717, 1.165) is 4.47 Å². The number of hydrogen-bond donors (Lipinski definition) is 1. The van der Waals surface area contributed by atoms with E-state index in [4.69, 9.17) is 4.74 Å². The maximum Gasteiger partial charge on any atom is 0.391 e. The Balaban J connectivity index is 1.80. The van der Waals surface area contributed by atoms with Crippen molar-refractivity contribution in [3.05, 3.63) is 28.2 Å².